The van der Waals surface area contributed by atoms with Gasteiger partial charge in [-0.2, -0.15) is 0 Å². The first kappa shape index (κ1) is 16.7. The Morgan fingerprint density at radius 1 is 1.17 bits per heavy atom. The predicted molar refractivity (Wildman–Crippen MR) is 96.9 cm³/mol. The van der Waals surface area contributed by atoms with Gasteiger partial charge >= 0.3 is 0 Å². The monoisotopic (exact) mass is 323 g/mol. The van der Waals surface area contributed by atoms with E-state index in [-0.39, 0.29) is 5.78 Å². The number of ketones is 1. The minimum atomic E-state index is 0.202. The van der Waals surface area contributed by atoms with Crippen molar-refractivity contribution >= 4 is 5.78 Å². The lowest BCUT2D eigenvalue weighted by atomic mass is 9.98. The van der Waals surface area contributed by atoms with Crippen LogP contribution in [0.25, 0.3) is 0 Å². The van der Waals surface area contributed by atoms with Gasteiger partial charge in [-0.3, -0.25) is 9.69 Å². The van der Waals surface area contributed by atoms with Crippen molar-refractivity contribution in [2.75, 3.05) is 19.6 Å². The van der Waals surface area contributed by atoms with E-state index in [1.54, 1.807) is 0 Å². The fourth-order valence-electron chi connectivity index (χ4n) is 3.36. The van der Waals surface area contributed by atoms with E-state index in [0.29, 0.717) is 12.5 Å². The number of nitrogens with zero attached hydrogens (tertiary/aromatic N) is 1. The van der Waals surface area contributed by atoms with Crippen LogP contribution in [-0.4, -0.2) is 30.3 Å². The molecule has 2 aromatic rings. The van der Waals surface area contributed by atoms with Gasteiger partial charge in [-0.05, 0) is 68.1 Å². The Morgan fingerprint density at radius 2 is 1.96 bits per heavy atom. The van der Waals surface area contributed by atoms with E-state index in [1.807, 2.05) is 55.5 Å². The topological polar surface area (TPSA) is 29.5 Å². The molecule has 0 bridgehead atoms. The molecule has 1 atom stereocenters. The van der Waals surface area contributed by atoms with Crippen LogP contribution in [0.3, 0.4) is 0 Å². The van der Waals surface area contributed by atoms with Gasteiger partial charge in [0.15, 0.2) is 5.78 Å². The molecule has 2 aromatic carbocycles. The van der Waals surface area contributed by atoms with Crippen molar-refractivity contribution in [1.82, 2.24) is 4.90 Å². The molecule has 1 saturated heterocycles. The maximum atomic E-state index is 12.6. The number of hydrogen-bond donors (Lipinski definition) is 0. The van der Waals surface area contributed by atoms with Crippen molar-refractivity contribution in [3.8, 4) is 11.5 Å². The summed E-state index contributed by atoms with van der Waals surface area (Å²) in [4.78, 5) is 14.9. The van der Waals surface area contributed by atoms with E-state index in [2.05, 4.69) is 11.8 Å². The van der Waals surface area contributed by atoms with Crippen molar-refractivity contribution in [3.63, 3.8) is 0 Å². The number of ether oxygens (including phenoxy) is 1. The Morgan fingerprint density at radius 3 is 2.67 bits per heavy atom. The Labute approximate surface area is 144 Å². The molecule has 3 nitrogen and oxygen atoms in total. The summed E-state index contributed by atoms with van der Waals surface area (Å²) in [5.74, 6) is 2.46. The van der Waals surface area contributed by atoms with Gasteiger partial charge in [-0.1, -0.05) is 25.1 Å². The van der Waals surface area contributed by atoms with Crippen molar-refractivity contribution in [2.24, 2.45) is 5.92 Å². The number of rotatable bonds is 5. The first-order chi connectivity index (χ1) is 11.6. The van der Waals surface area contributed by atoms with Crippen molar-refractivity contribution in [3.05, 3.63) is 59.7 Å². The highest BCUT2D eigenvalue weighted by Crippen LogP contribution is 2.24. The van der Waals surface area contributed by atoms with Crippen LogP contribution < -0.4 is 4.74 Å². The van der Waals surface area contributed by atoms with E-state index in [9.17, 15) is 4.79 Å². The fourth-order valence-corrected chi connectivity index (χ4v) is 3.36. The largest absolute Gasteiger partial charge is 0.457 e. The van der Waals surface area contributed by atoms with Crippen LogP contribution in [0.15, 0.2) is 48.5 Å². The summed E-state index contributed by atoms with van der Waals surface area (Å²) in [6.45, 7) is 6.82. The molecular weight excluding hydrogens is 298 g/mol. The van der Waals surface area contributed by atoms with E-state index in [4.69, 9.17) is 4.74 Å². The lowest BCUT2D eigenvalue weighted by molar-refractivity contribution is 0.0892. The number of benzene rings is 2. The summed E-state index contributed by atoms with van der Waals surface area (Å²) in [6, 6.07) is 15.4. The lowest BCUT2D eigenvalue weighted by Gasteiger charge is -2.30. The summed E-state index contributed by atoms with van der Waals surface area (Å²) in [7, 11) is 0. The van der Waals surface area contributed by atoms with Crippen LogP contribution in [0.2, 0.25) is 0 Å². The molecule has 24 heavy (non-hydrogen) atoms. The number of carbonyl (C=O) groups excluding carboxylic acids is 1. The van der Waals surface area contributed by atoms with Crippen LogP contribution in [-0.2, 0) is 0 Å². The van der Waals surface area contributed by atoms with E-state index in [1.165, 1.54) is 12.8 Å². The Balaban J connectivity index is 1.66. The molecule has 0 saturated carbocycles. The second-order valence-corrected chi connectivity index (χ2v) is 6.80. The second kappa shape index (κ2) is 7.63. The molecule has 1 heterocycles. The second-order valence-electron chi connectivity index (χ2n) is 6.80. The highest BCUT2D eigenvalue weighted by molar-refractivity contribution is 5.99. The number of piperidine rings is 1. The maximum absolute atomic E-state index is 12.6. The van der Waals surface area contributed by atoms with Crippen molar-refractivity contribution in [2.45, 2.75) is 26.7 Å². The third-order valence-corrected chi connectivity index (χ3v) is 4.59. The number of carbonyl (C=O) groups is 1. The smallest absolute Gasteiger partial charge is 0.177 e. The number of aryl methyl sites for hydroxylation is 1. The van der Waals surface area contributed by atoms with E-state index >= 15 is 0 Å². The third kappa shape index (κ3) is 4.24. The highest BCUT2D eigenvalue weighted by Gasteiger charge is 2.20. The van der Waals surface area contributed by atoms with Gasteiger partial charge in [0.25, 0.3) is 0 Å². The van der Waals surface area contributed by atoms with Gasteiger partial charge in [-0.25, -0.2) is 0 Å². The van der Waals surface area contributed by atoms with Crippen LogP contribution in [0.5, 0.6) is 11.5 Å². The molecule has 1 aliphatic rings. The molecule has 1 aliphatic heterocycles. The van der Waals surface area contributed by atoms with Gasteiger partial charge in [0.2, 0.25) is 0 Å². The Bertz CT molecular complexity index is 696. The fraction of sp³-hybridized carbons (Fsp3) is 0.381. The molecule has 126 valence electrons. The first-order valence-corrected chi connectivity index (χ1v) is 8.71. The molecule has 0 spiro atoms. The molecular formula is C21H25NO2. The van der Waals surface area contributed by atoms with Crippen molar-refractivity contribution in [1.29, 1.82) is 0 Å². The summed E-state index contributed by atoms with van der Waals surface area (Å²) < 4.78 is 5.84. The first-order valence-electron chi connectivity index (χ1n) is 8.71. The molecule has 3 heteroatoms. The summed E-state index contributed by atoms with van der Waals surface area (Å²) in [5, 5.41) is 0. The Hall–Kier alpha value is -2.13. The van der Waals surface area contributed by atoms with Crippen LogP contribution >= 0.6 is 0 Å². The number of hydrogen-bond acceptors (Lipinski definition) is 3. The molecule has 1 unspecified atom stereocenters. The van der Waals surface area contributed by atoms with Gasteiger partial charge in [0.05, 0.1) is 6.54 Å². The van der Waals surface area contributed by atoms with E-state index in [0.717, 1.165) is 35.7 Å². The van der Waals surface area contributed by atoms with Gasteiger partial charge < -0.3 is 4.74 Å². The van der Waals surface area contributed by atoms with E-state index < -0.39 is 0 Å². The SMILES string of the molecule is Cc1cc(Oc2ccccc2)ccc1C(=O)CN1CCCC(C)C1. The average Bonchev–Trinajstić information content (AvgIpc) is 2.56. The van der Waals surface area contributed by atoms with Crippen molar-refractivity contribution < 1.29 is 9.53 Å². The standard InChI is InChI=1S/C21H25NO2/c1-16-7-6-12-22(14-16)15-21(23)20-11-10-19(13-17(20)2)24-18-8-4-3-5-9-18/h3-5,8-11,13,16H,6-7,12,14-15H2,1-2H3. The van der Waals surface area contributed by atoms with Gasteiger partial charge in [0.1, 0.15) is 11.5 Å². The Kier molecular flexibility index (Phi) is 5.31. The third-order valence-electron chi connectivity index (χ3n) is 4.59. The van der Waals surface area contributed by atoms with Crippen LogP contribution in [0.4, 0.5) is 0 Å². The number of Topliss-reactive ketones (excluding diaryl/α,β-unsaturated/α-hetero) is 1. The quantitative estimate of drug-likeness (QED) is 0.747. The average molecular weight is 323 g/mol. The summed E-state index contributed by atoms with van der Waals surface area (Å²) >= 11 is 0. The molecule has 0 radical (unpaired) electrons. The van der Waals surface area contributed by atoms with Gasteiger partial charge in [0, 0.05) is 12.1 Å². The predicted octanol–water partition coefficient (Wildman–Crippen LogP) is 4.70. The van der Waals surface area contributed by atoms with Crippen LogP contribution in [0, 0.1) is 12.8 Å². The zero-order chi connectivity index (χ0) is 16.9. The lowest BCUT2D eigenvalue weighted by Crippen LogP contribution is -2.38. The summed E-state index contributed by atoms with van der Waals surface area (Å²) in [5.41, 5.74) is 1.77. The van der Waals surface area contributed by atoms with Gasteiger partial charge in [-0.15, -0.1) is 0 Å². The zero-order valence-electron chi connectivity index (χ0n) is 14.5. The molecule has 0 amide bonds. The molecule has 0 aliphatic carbocycles. The molecule has 0 aromatic heterocycles. The van der Waals surface area contributed by atoms with Crippen LogP contribution in [0.1, 0.15) is 35.7 Å². The normalized spacial score (nSPS) is 18.3. The minimum absolute atomic E-state index is 0.202. The molecule has 1 fully saturated rings. The number of likely N-dealkylation sites (tertiary alicyclic amines) is 1. The highest BCUT2D eigenvalue weighted by atomic mass is 16.5. The summed E-state index contributed by atoms with van der Waals surface area (Å²) in [6.07, 6.45) is 2.46. The molecule has 3 rings (SSSR count). The molecule has 0 N–H and O–H groups in total. The number of para-hydroxylation sites is 1. The maximum Gasteiger partial charge on any atom is 0.177 e. The minimum Gasteiger partial charge on any atom is -0.457 e. The zero-order valence-corrected chi connectivity index (χ0v) is 14.5.